The van der Waals surface area contributed by atoms with E-state index in [1.54, 1.807) is 20.0 Å². The van der Waals surface area contributed by atoms with Gasteiger partial charge in [-0.2, -0.15) is 13.2 Å². The topological polar surface area (TPSA) is 90.7 Å². The van der Waals surface area contributed by atoms with E-state index in [1.807, 2.05) is 19.3 Å². The third-order valence-corrected chi connectivity index (χ3v) is 7.10. The van der Waals surface area contributed by atoms with Crippen LogP contribution in [0.5, 0.6) is 0 Å². The molecule has 0 amide bonds. The van der Waals surface area contributed by atoms with E-state index in [-0.39, 0.29) is 23.3 Å². The fourth-order valence-corrected chi connectivity index (χ4v) is 4.58. The number of aliphatic imine (C=N–C) groups is 4. The van der Waals surface area contributed by atoms with Crippen molar-refractivity contribution in [2.45, 2.75) is 53.1 Å². The number of nitrogens with zero attached hydrogens (tertiary/aromatic N) is 5. The highest BCUT2D eigenvalue weighted by Gasteiger charge is 2.35. The normalized spacial score (nSPS) is 22.3. The molecule has 2 atom stereocenters. The van der Waals surface area contributed by atoms with Crippen molar-refractivity contribution in [3.05, 3.63) is 59.3 Å². The molecule has 220 valence electrons. The molecule has 0 saturated carbocycles. The van der Waals surface area contributed by atoms with Crippen LogP contribution in [0.3, 0.4) is 0 Å². The van der Waals surface area contributed by atoms with Crippen molar-refractivity contribution in [2.24, 2.45) is 43.5 Å². The quantitative estimate of drug-likeness (QED) is 0.145. The first-order chi connectivity index (χ1) is 18.9. The number of allylic oxidation sites excluding steroid dienone is 7. The second kappa shape index (κ2) is 15.4. The highest BCUT2D eigenvalue weighted by Crippen LogP contribution is 2.32. The highest BCUT2D eigenvalue weighted by atomic mass is 19.4. The van der Waals surface area contributed by atoms with E-state index < -0.39 is 17.6 Å². The fourth-order valence-electron chi connectivity index (χ4n) is 4.58. The fraction of sp³-hybridized carbons (Fsp3) is 0.517. The molecule has 0 spiro atoms. The molecule has 2 heterocycles. The Morgan fingerprint density at radius 2 is 2.00 bits per heavy atom. The van der Waals surface area contributed by atoms with Crippen molar-refractivity contribution in [3.63, 3.8) is 0 Å². The second-order valence-electron chi connectivity index (χ2n) is 10.0. The first-order valence-corrected chi connectivity index (χ1v) is 13.3. The van der Waals surface area contributed by atoms with Gasteiger partial charge in [-0.15, -0.1) is 0 Å². The Hall–Kier alpha value is -3.34. The van der Waals surface area contributed by atoms with Crippen molar-refractivity contribution in [1.29, 1.82) is 0 Å². The number of hydrogen-bond donors (Lipinski definition) is 2. The average Bonchev–Trinajstić information content (AvgIpc) is 2.93. The van der Waals surface area contributed by atoms with Crippen LogP contribution in [0, 0.1) is 17.8 Å². The number of nitrogens with one attached hydrogen (secondary N) is 1. The molecule has 0 aromatic heterocycles. The van der Waals surface area contributed by atoms with E-state index in [1.165, 1.54) is 18.8 Å². The van der Waals surface area contributed by atoms with Crippen LogP contribution in [0.25, 0.3) is 0 Å². The summed E-state index contributed by atoms with van der Waals surface area (Å²) >= 11 is 0. The lowest BCUT2D eigenvalue weighted by Gasteiger charge is -2.32. The van der Waals surface area contributed by atoms with Crippen LogP contribution in [0.1, 0.15) is 47.0 Å². The number of alkyl halides is 3. The van der Waals surface area contributed by atoms with E-state index >= 15 is 0 Å². The second-order valence-corrected chi connectivity index (χ2v) is 10.0. The van der Waals surface area contributed by atoms with Crippen LogP contribution in [0.4, 0.5) is 17.6 Å². The molecule has 1 saturated heterocycles. The summed E-state index contributed by atoms with van der Waals surface area (Å²) in [6, 6.07) is 0. The Balaban J connectivity index is 1.93. The summed E-state index contributed by atoms with van der Waals surface area (Å²) in [6.45, 7) is 12.4. The summed E-state index contributed by atoms with van der Waals surface area (Å²) in [5.41, 5.74) is 6.68. The van der Waals surface area contributed by atoms with E-state index in [4.69, 9.17) is 5.73 Å². The molecule has 2 unspecified atom stereocenters. The van der Waals surface area contributed by atoms with Crippen molar-refractivity contribution in [3.8, 4) is 0 Å². The summed E-state index contributed by atoms with van der Waals surface area (Å²) in [7, 11) is 1.64. The molecule has 40 heavy (non-hydrogen) atoms. The molecular weight excluding hydrogens is 522 g/mol. The van der Waals surface area contributed by atoms with Gasteiger partial charge in [-0.05, 0) is 57.8 Å². The summed E-state index contributed by atoms with van der Waals surface area (Å²) in [4.78, 5) is 19.6. The van der Waals surface area contributed by atoms with Gasteiger partial charge in [-0.3, -0.25) is 19.9 Å². The minimum absolute atomic E-state index is 0.0615. The van der Waals surface area contributed by atoms with Gasteiger partial charge in [0.2, 0.25) is 0 Å². The predicted molar refractivity (Wildman–Crippen MR) is 157 cm³/mol. The van der Waals surface area contributed by atoms with Crippen molar-refractivity contribution < 1.29 is 17.6 Å². The highest BCUT2D eigenvalue weighted by molar-refractivity contribution is 5.91. The molecule has 7 nitrogen and oxygen atoms in total. The number of halogens is 4. The number of piperidine rings is 1. The number of amidine groups is 2. The number of nitrogens with two attached hydrogens (primary N) is 1. The number of likely N-dealkylation sites (tertiary alicyclic amines) is 1. The zero-order chi connectivity index (χ0) is 29.9. The van der Waals surface area contributed by atoms with E-state index in [0.717, 1.165) is 38.4 Å². The van der Waals surface area contributed by atoms with Gasteiger partial charge >= 0.3 is 6.18 Å². The lowest BCUT2D eigenvalue weighted by atomic mass is 9.87. The van der Waals surface area contributed by atoms with Gasteiger partial charge in [0, 0.05) is 56.0 Å². The third kappa shape index (κ3) is 9.69. The molecule has 11 heteroatoms. The summed E-state index contributed by atoms with van der Waals surface area (Å²) < 4.78 is 53.8. The van der Waals surface area contributed by atoms with Gasteiger partial charge in [-0.25, -0.2) is 9.38 Å². The Labute approximate surface area is 234 Å². The lowest BCUT2D eigenvalue weighted by molar-refractivity contribution is -0.0897. The summed E-state index contributed by atoms with van der Waals surface area (Å²) in [6.07, 6.45) is 5.93. The van der Waals surface area contributed by atoms with Crippen LogP contribution in [-0.4, -0.2) is 62.1 Å². The molecule has 2 aliphatic heterocycles. The maximum absolute atomic E-state index is 13.9. The molecule has 3 N–H and O–H groups in total. The Morgan fingerprint density at radius 3 is 2.55 bits per heavy atom. The monoisotopic (exact) mass is 563 g/mol. The maximum Gasteiger partial charge on any atom is 0.419 e. The van der Waals surface area contributed by atoms with Crippen LogP contribution >= 0.6 is 0 Å². The average molecular weight is 564 g/mol. The van der Waals surface area contributed by atoms with Gasteiger partial charge in [0.25, 0.3) is 0 Å². The van der Waals surface area contributed by atoms with Crippen molar-refractivity contribution >= 4 is 24.2 Å². The zero-order valence-electron chi connectivity index (χ0n) is 24.0. The minimum atomic E-state index is -4.84. The van der Waals surface area contributed by atoms with Crippen LogP contribution < -0.4 is 11.1 Å². The van der Waals surface area contributed by atoms with Crippen molar-refractivity contribution in [1.82, 2.24) is 10.2 Å². The Bertz CT molecular complexity index is 1130. The number of hydrogen-bond acceptors (Lipinski definition) is 4. The third-order valence-electron chi connectivity index (χ3n) is 7.10. The van der Waals surface area contributed by atoms with Gasteiger partial charge in [-0.1, -0.05) is 25.2 Å². The van der Waals surface area contributed by atoms with Crippen LogP contribution in [0.15, 0.2) is 79.2 Å². The first-order valence-electron chi connectivity index (χ1n) is 13.3. The Morgan fingerprint density at radius 1 is 1.32 bits per heavy atom. The van der Waals surface area contributed by atoms with Gasteiger partial charge in [0.15, 0.2) is 0 Å². The van der Waals surface area contributed by atoms with Crippen molar-refractivity contribution in [2.75, 3.05) is 26.8 Å². The molecule has 0 radical (unpaired) electrons. The minimum Gasteiger partial charge on any atom is -0.387 e. The zero-order valence-corrected chi connectivity index (χ0v) is 24.0. The molecule has 0 aliphatic carbocycles. The molecular formula is C29H41F4N7. The van der Waals surface area contributed by atoms with E-state index in [9.17, 15) is 17.6 Å². The molecule has 0 aromatic rings. The standard InChI is InChI=1S/C29H41F4N7/c1-7-25(30)24(29(31,32)33)14-20(4)26(8-2)39-28(35-6)22-9-11-40(12-10-22)18-37-17-38-27(34)21(5)23-13-19(3)15-36-16-23/h7-8,14-17,21-23H,1,9-13,18H2,2-6H3,(H,35,39)(H2,34,37,38)/b20-14+,25-24-,26-8-. The van der Waals surface area contributed by atoms with E-state index in [0.29, 0.717) is 30.1 Å². The molecule has 1 fully saturated rings. The van der Waals surface area contributed by atoms with Gasteiger partial charge < -0.3 is 11.1 Å². The Kier molecular flexibility index (Phi) is 12.7. The molecule has 0 aromatic carbocycles. The SMILES string of the molecule is C=C\C(F)=C(/C=C(C)/C(=C/C)NC(=NC)C1CCN(CN=CN=C(N)C(C)C2C=NC=C(C)C2)CC1)C(F)(F)F. The lowest BCUT2D eigenvalue weighted by Crippen LogP contribution is -2.40. The summed E-state index contributed by atoms with van der Waals surface area (Å²) in [5, 5.41) is 3.17. The predicted octanol–water partition coefficient (Wildman–Crippen LogP) is 6.11. The molecule has 2 aliphatic rings. The molecule has 0 bridgehead atoms. The van der Waals surface area contributed by atoms with Crippen LogP contribution in [-0.2, 0) is 0 Å². The molecule has 2 rings (SSSR count). The van der Waals surface area contributed by atoms with E-state index in [2.05, 4.69) is 43.7 Å². The largest absolute Gasteiger partial charge is 0.419 e. The maximum atomic E-state index is 13.9. The first kappa shape index (κ1) is 32.9. The number of rotatable bonds is 10. The van der Waals surface area contributed by atoms with Gasteiger partial charge in [0.05, 0.1) is 12.2 Å². The van der Waals surface area contributed by atoms with Crippen LogP contribution in [0.2, 0.25) is 0 Å². The van der Waals surface area contributed by atoms with Gasteiger partial charge in [0.1, 0.15) is 23.8 Å². The smallest absolute Gasteiger partial charge is 0.387 e. The summed E-state index contributed by atoms with van der Waals surface area (Å²) in [5.74, 6) is 0.163.